The van der Waals surface area contributed by atoms with Gasteiger partial charge in [-0.05, 0) is 13.8 Å². The van der Waals surface area contributed by atoms with Crippen LogP contribution in [0.15, 0.2) is 11.3 Å². The molecule has 0 amide bonds. The topological polar surface area (TPSA) is 26.3 Å². The van der Waals surface area contributed by atoms with Gasteiger partial charge in [-0.2, -0.15) is 0 Å². The summed E-state index contributed by atoms with van der Waals surface area (Å²) in [6.45, 7) is 5.12. The number of ketones is 1. The van der Waals surface area contributed by atoms with Crippen molar-refractivity contribution in [1.82, 2.24) is 0 Å². The van der Waals surface area contributed by atoms with Gasteiger partial charge in [0, 0.05) is 6.92 Å². The van der Waals surface area contributed by atoms with Crippen LogP contribution >= 0.6 is 11.6 Å². The number of allylic oxidation sites excluding steroid dienone is 1. The summed E-state index contributed by atoms with van der Waals surface area (Å²) in [5.41, 5.74) is 0. The quantitative estimate of drug-likeness (QED) is 0.469. The molecule has 0 radical (unpaired) electrons. The molecule has 0 fully saturated rings. The van der Waals surface area contributed by atoms with Crippen molar-refractivity contribution < 1.29 is 9.53 Å². The van der Waals surface area contributed by atoms with Crippen LogP contribution in [0.5, 0.6) is 0 Å². The van der Waals surface area contributed by atoms with Crippen LogP contribution in [-0.2, 0) is 9.53 Å². The Morgan fingerprint density at radius 3 is 2.40 bits per heavy atom. The predicted molar refractivity (Wildman–Crippen MR) is 40.8 cm³/mol. The highest BCUT2D eigenvalue weighted by molar-refractivity contribution is 6.42. The minimum atomic E-state index is -0.178. The number of halogens is 1. The van der Waals surface area contributed by atoms with E-state index in [2.05, 4.69) is 0 Å². The molecular formula is C7H11ClO2. The number of ether oxygens (including phenoxy) is 1. The standard InChI is InChI=1S/C7H11ClO2/c1-5(2)10-4-7(8)6(3)9/h4-5H,1-3H3/b7-4-. The van der Waals surface area contributed by atoms with E-state index in [0.717, 1.165) is 0 Å². The summed E-state index contributed by atoms with van der Waals surface area (Å²) in [5, 5.41) is 0.133. The van der Waals surface area contributed by atoms with Crippen LogP contribution in [0, 0.1) is 0 Å². The maximum absolute atomic E-state index is 10.5. The van der Waals surface area contributed by atoms with E-state index < -0.39 is 0 Å². The van der Waals surface area contributed by atoms with Gasteiger partial charge < -0.3 is 4.74 Å². The van der Waals surface area contributed by atoms with Gasteiger partial charge in [0.2, 0.25) is 0 Å². The minimum absolute atomic E-state index is 0.0631. The van der Waals surface area contributed by atoms with Gasteiger partial charge in [0.15, 0.2) is 5.78 Å². The summed E-state index contributed by atoms with van der Waals surface area (Å²) in [7, 11) is 0. The lowest BCUT2D eigenvalue weighted by atomic mass is 10.4. The molecule has 0 aromatic rings. The van der Waals surface area contributed by atoms with Crippen LogP contribution in [-0.4, -0.2) is 11.9 Å². The van der Waals surface area contributed by atoms with Crippen LogP contribution in [0.25, 0.3) is 0 Å². The number of hydrogen-bond donors (Lipinski definition) is 0. The fourth-order valence-electron chi connectivity index (χ4n) is 0.279. The highest BCUT2D eigenvalue weighted by atomic mass is 35.5. The molecule has 10 heavy (non-hydrogen) atoms. The van der Waals surface area contributed by atoms with Gasteiger partial charge in [-0.25, -0.2) is 0 Å². The molecule has 0 bridgehead atoms. The van der Waals surface area contributed by atoms with E-state index in [1.165, 1.54) is 13.2 Å². The Kier molecular flexibility index (Phi) is 4.12. The number of hydrogen-bond acceptors (Lipinski definition) is 2. The molecule has 0 aliphatic carbocycles. The van der Waals surface area contributed by atoms with Gasteiger partial charge in [-0.1, -0.05) is 11.6 Å². The first kappa shape index (κ1) is 9.50. The molecule has 0 aliphatic heterocycles. The van der Waals surface area contributed by atoms with Crippen molar-refractivity contribution in [2.24, 2.45) is 0 Å². The number of carbonyl (C=O) groups is 1. The van der Waals surface area contributed by atoms with Crippen molar-refractivity contribution in [3.05, 3.63) is 11.3 Å². The zero-order valence-corrected chi connectivity index (χ0v) is 7.11. The molecule has 0 aromatic heterocycles. The maximum Gasteiger partial charge on any atom is 0.174 e. The fraction of sp³-hybridized carbons (Fsp3) is 0.571. The smallest absolute Gasteiger partial charge is 0.174 e. The predicted octanol–water partition coefficient (Wildman–Crippen LogP) is 2.08. The lowest BCUT2D eigenvalue weighted by molar-refractivity contribution is -0.113. The van der Waals surface area contributed by atoms with Gasteiger partial charge in [0.1, 0.15) is 11.3 Å². The molecule has 0 aliphatic rings. The molecular weight excluding hydrogens is 152 g/mol. The van der Waals surface area contributed by atoms with E-state index in [1.807, 2.05) is 13.8 Å². The van der Waals surface area contributed by atoms with Crippen molar-refractivity contribution >= 4 is 17.4 Å². The molecule has 0 spiro atoms. The molecule has 58 valence electrons. The average molecular weight is 163 g/mol. The molecule has 0 saturated carbocycles. The lowest BCUT2D eigenvalue weighted by Crippen LogP contribution is -1.98. The van der Waals surface area contributed by atoms with Gasteiger partial charge in [0.25, 0.3) is 0 Å². The summed E-state index contributed by atoms with van der Waals surface area (Å²) in [6, 6.07) is 0. The van der Waals surface area contributed by atoms with E-state index in [4.69, 9.17) is 16.3 Å². The maximum atomic E-state index is 10.5. The fourth-order valence-corrected chi connectivity index (χ4v) is 0.330. The van der Waals surface area contributed by atoms with Gasteiger partial charge >= 0.3 is 0 Å². The second-order valence-electron chi connectivity index (χ2n) is 2.21. The first-order valence-corrected chi connectivity index (χ1v) is 3.44. The SMILES string of the molecule is CC(=O)/C(Cl)=C/OC(C)C. The molecule has 0 saturated heterocycles. The van der Waals surface area contributed by atoms with E-state index in [9.17, 15) is 4.79 Å². The Hall–Kier alpha value is -0.500. The molecule has 0 N–H and O–H groups in total. The molecule has 0 unspecified atom stereocenters. The molecule has 0 aromatic carbocycles. The van der Waals surface area contributed by atoms with Crippen LogP contribution in [0.3, 0.4) is 0 Å². The van der Waals surface area contributed by atoms with E-state index in [0.29, 0.717) is 0 Å². The van der Waals surface area contributed by atoms with Crippen molar-refractivity contribution in [1.29, 1.82) is 0 Å². The van der Waals surface area contributed by atoms with Crippen molar-refractivity contribution in [3.63, 3.8) is 0 Å². The molecule has 0 atom stereocenters. The van der Waals surface area contributed by atoms with Crippen molar-refractivity contribution in [2.75, 3.05) is 0 Å². The zero-order chi connectivity index (χ0) is 8.15. The van der Waals surface area contributed by atoms with Gasteiger partial charge in [-0.15, -0.1) is 0 Å². The van der Waals surface area contributed by atoms with Crippen LogP contribution in [0.2, 0.25) is 0 Å². The first-order chi connectivity index (χ1) is 4.54. The third kappa shape index (κ3) is 4.39. The summed E-state index contributed by atoms with van der Waals surface area (Å²) in [4.78, 5) is 10.5. The van der Waals surface area contributed by atoms with Crippen LogP contribution < -0.4 is 0 Å². The Morgan fingerprint density at radius 1 is 1.60 bits per heavy atom. The van der Waals surface area contributed by atoms with Crippen molar-refractivity contribution in [2.45, 2.75) is 26.9 Å². The first-order valence-electron chi connectivity index (χ1n) is 3.06. The molecule has 0 rings (SSSR count). The average Bonchev–Trinajstić information content (AvgIpc) is 1.82. The Labute approximate surface area is 65.8 Å². The summed E-state index contributed by atoms with van der Waals surface area (Å²) >= 11 is 5.45. The summed E-state index contributed by atoms with van der Waals surface area (Å²) < 4.78 is 4.95. The summed E-state index contributed by atoms with van der Waals surface area (Å²) in [5.74, 6) is -0.178. The van der Waals surface area contributed by atoms with E-state index >= 15 is 0 Å². The molecule has 3 heteroatoms. The highest BCUT2D eigenvalue weighted by Gasteiger charge is 1.98. The van der Waals surface area contributed by atoms with Crippen LogP contribution in [0.4, 0.5) is 0 Å². The van der Waals surface area contributed by atoms with Crippen LogP contribution in [0.1, 0.15) is 20.8 Å². The number of Topliss-reactive ketones (excluding diaryl/α,β-unsaturated/α-hetero) is 1. The lowest BCUT2D eigenvalue weighted by Gasteiger charge is -2.02. The third-order valence-corrected chi connectivity index (χ3v) is 1.14. The Balaban J connectivity index is 3.81. The minimum Gasteiger partial charge on any atom is -0.497 e. The largest absolute Gasteiger partial charge is 0.497 e. The molecule has 2 nitrogen and oxygen atoms in total. The second-order valence-corrected chi connectivity index (χ2v) is 2.61. The monoisotopic (exact) mass is 162 g/mol. The Bertz CT molecular complexity index is 150. The van der Waals surface area contributed by atoms with Gasteiger partial charge in [0.05, 0.1) is 6.10 Å². The van der Waals surface area contributed by atoms with E-state index in [1.54, 1.807) is 0 Å². The zero-order valence-electron chi connectivity index (χ0n) is 6.35. The number of rotatable bonds is 3. The summed E-state index contributed by atoms with van der Waals surface area (Å²) in [6.07, 6.45) is 1.34. The highest BCUT2D eigenvalue weighted by Crippen LogP contribution is 2.03. The Morgan fingerprint density at radius 2 is 2.10 bits per heavy atom. The van der Waals surface area contributed by atoms with Gasteiger partial charge in [-0.3, -0.25) is 4.79 Å². The second kappa shape index (κ2) is 4.34. The van der Waals surface area contributed by atoms with E-state index in [-0.39, 0.29) is 16.9 Å². The normalized spacial score (nSPS) is 11.9. The third-order valence-electron chi connectivity index (χ3n) is 0.780. The van der Waals surface area contributed by atoms with Crippen molar-refractivity contribution in [3.8, 4) is 0 Å². The number of carbonyl (C=O) groups excluding carboxylic acids is 1. The molecule has 0 heterocycles.